The van der Waals surface area contributed by atoms with E-state index in [2.05, 4.69) is 15.6 Å². The van der Waals surface area contributed by atoms with Gasteiger partial charge in [0.2, 0.25) is 5.91 Å². The van der Waals surface area contributed by atoms with Gasteiger partial charge in [-0.3, -0.25) is 19.3 Å². The van der Waals surface area contributed by atoms with E-state index in [4.69, 9.17) is 16.3 Å². The molecule has 1 aliphatic rings. The Morgan fingerprint density at radius 2 is 1.82 bits per heavy atom. The fourth-order valence-electron chi connectivity index (χ4n) is 4.65. The van der Waals surface area contributed by atoms with Gasteiger partial charge < -0.3 is 19.9 Å². The third-order valence-electron chi connectivity index (χ3n) is 7.32. The molecule has 0 radical (unpaired) electrons. The summed E-state index contributed by atoms with van der Waals surface area (Å²) in [7, 11) is 0. The van der Waals surface area contributed by atoms with Crippen LogP contribution in [0, 0.1) is 0 Å². The lowest BCUT2D eigenvalue weighted by atomic mass is 10.0. The monoisotopic (exact) mass is 633 g/mol. The maximum absolute atomic E-state index is 13.2. The topological polar surface area (TPSA) is 106 Å². The summed E-state index contributed by atoms with van der Waals surface area (Å²) in [5, 5.41) is 5.66. The molecule has 1 fully saturated rings. The van der Waals surface area contributed by atoms with Crippen LogP contribution in [-0.4, -0.2) is 76.5 Å². The zero-order valence-corrected chi connectivity index (χ0v) is 25.5. The SMILES string of the molecule is CCn1cc(-c2ccc(C[C@@H](CNC(=O)CN3CCC3)NC(=O)c3ccc(O[C@H](C)C(F)(F)F)c(Cl)c3)cc2)nc1C(C)=O. The van der Waals surface area contributed by atoms with Crippen molar-refractivity contribution < 1.29 is 32.3 Å². The molecule has 4 rings (SSSR count). The summed E-state index contributed by atoms with van der Waals surface area (Å²) >= 11 is 6.15. The van der Waals surface area contributed by atoms with Crippen LogP contribution < -0.4 is 15.4 Å². The first kappa shape index (κ1) is 33.0. The largest absolute Gasteiger partial charge is 0.480 e. The predicted molar refractivity (Wildman–Crippen MR) is 160 cm³/mol. The number of aryl methyl sites for hydroxylation is 1. The number of rotatable bonds is 13. The number of ether oxygens (including phenoxy) is 1. The Morgan fingerprint density at radius 3 is 2.36 bits per heavy atom. The van der Waals surface area contributed by atoms with Crippen LogP contribution in [0.4, 0.5) is 13.2 Å². The lowest BCUT2D eigenvalue weighted by molar-refractivity contribution is -0.189. The van der Waals surface area contributed by atoms with Gasteiger partial charge in [-0.2, -0.15) is 13.2 Å². The number of likely N-dealkylation sites (tertiary alicyclic amines) is 1. The molecular weight excluding hydrogens is 599 g/mol. The lowest BCUT2D eigenvalue weighted by Crippen LogP contribution is -2.49. The Balaban J connectivity index is 1.47. The third-order valence-corrected chi connectivity index (χ3v) is 7.61. The highest BCUT2D eigenvalue weighted by molar-refractivity contribution is 6.32. The van der Waals surface area contributed by atoms with E-state index in [0.29, 0.717) is 24.5 Å². The fourth-order valence-corrected chi connectivity index (χ4v) is 4.87. The number of alkyl halides is 3. The number of carbonyl (C=O) groups excluding carboxylic acids is 3. The van der Waals surface area contributed by atoms with Gasteiger partial charge in [-0.15, -0.1) is 0 Å². The molecular formula is C31H35ClF3N5O4. The summed E-state index contributed by atoms with van der Waals surface area (Å²) in [6, 6.07) is 10.8. The Labute approximate surface area is 258 Å². The van der Waals surface area contributed by atoms with Crippen molar-refractivity contribution in [2.45, 2.75) is 58.5 Å². The number of aromatic nitrogens is 2. The molecule has 0 saturated carbocycles. The number of amides is 2. The number of benzene rings is 2. The van der Waals surface area contributed by atoms with Crippen LogP contribution in [0.2, 0.25) is 5.02 Å². The molecule has 236 valence electrons. The molecule has 2 heterocycles. The number of halogens is 4. The number of imidazole rings is 1. The number of Topliss-reactive ketones (excluding diaryl/α,β-unsaturated/α-hetero) is 1. The molecule has 0 aliphatic carbocycles. The molecule has 1 saturated heterocycles. The predicted octanol–water partition coefficient (Wildman–Crippen LogP) is 4.92. The summed E-state index contributed by atoms with van der Waals surface area (Å²) in [5.74, 6) is -0.595. The standard InChI is InChI=1S/C31H35ClF3N5O4/c1-4-40-17-26(38-29(40)19(2)41)22-8-6-21(7-9-22)14-24(16-36-28(42)18-39-12-5-13-39)37-30(43)23-10-11-27(25(32)15-23)44-20(3)31(33,34)35/h6-11,15,17,20,24H,4-5,12-14,16,18H2,1-3H3,(H,36,42)(H,37,43)/t20-,24+/m1/s1. The second-order valence-corrected chi connectivity index (χ2v) is 11.2. The van der Waals surface area contributed by atoms with Crippen LogP contribution in [0.3, 0.4) is 0 Å². The van der Waals surface area contributed by atoms with Crippen LogP contribution in [0.1, 0.15) is 53.7 Å². The molecule has 2 atom stereocenters. The molecule has 44 heavy (non-hydrogen) atoms. The van der Waals surface area contributed by atoms with E-state index in [1.807, 2.05) is 42.3 Å². The van der Waals surface area contributed by atoms with Gasteiger partial charge in [0, 0.05) is 37.3 Å². The molecule has 2 amide bonds. The number of nitrogens with zero attached hydrogens (tertiary/aromatic N) is 3. The second-order valence-electron chi connectivity index (χ2n) is 10.7. The summed E-state index contributed by atoms with van der Waals surface area (Å²) in [5.41, 5.74) is 2.49. The number of nitrogens with one attached hydrogen (secondary N) is 2. The highest BCUT2D eigenvalue weighted by Gasteiger charge is 2.38. The number of ketones is 1. The minimum absolute atomic E-state index is 0.122. The van der Waals surface area contributed by atoms with Crippen LogP contribution in [0.5, 0.6) is 5.75 Å². The molecule has 3 aromatic rings. The smallest absolute Gasteiger partial charge is 0.425 e. The first-order valence-electron chi connectivity index (χ1n) is 14.3. The average molecular weight is 634 g/mol. The highest BCUT2D eigenvalue weighted by atomic mass is 35.5. The maximum Gasteiger partial charge on any atom is 0.425 e. The zero-order valence-electron chi connectivity index (χ0n) is 24.7. The van der Waals surface area contributed by atoms with Gasteiger partial charge in [-0.1, -0.05) is 35.9 Å². The molecule has 2 N–H and O–H groups in total. The van der Waals surface area contributed by atoms with Crippen molar-refractivity contribution in [3.63, 3.8) is 0 Å². The molecule has 1 aliphatic heterocycles. The Hall–Kier alpha value is -3.90. The van der Waals surface area contributed by atoms with E-state index in [1.165, 1.54) is 25.1 Å². The van der Waals surface area contributed by atoms with E-state index in [1.54, 1.807) is 4.57 Å². The Morgan fingerprint density at radius 1 is 1.11 bits per heavy atom. The minimum Gasteiger partial charge on any atom is -0.480 e. The van der Waals surface area contributed by atoms with Gasteiger partial charge in [0.15, 0.2) is 17.7 Å². The Kier molecular flexibility index (Phi) is 10.7. The third kappa shape index (κ3) is 8.60. The van der Waals surface area contributed by atoms with Gasteiger partial charge >= 0.3 is 6.18 Å². The van der Waals surface area contributed by atoms with Crippen LogP contribution >= 0.6 is 11.6 Å². The molecule has 0 unspecified atom stereocenters. The minimum atomic E-state index is -4.57. The van der Waals surface area contributed by atoms with E-state index in [0.717, 1.165) is 37.6 Å². The molecule has 9 nitrogen and oxygen atoms in total. The first-order chi connectivity index (χ1) is 20.8. The Bertz CT molecular complexity index is 1490. The average Bonchev–Trinajstić information content (AvgIpc) is 3.39. The van der Waals surface area contributed by atoms with Gasteiger partial charge in [0.25, 0.3) is 5.91 Å². The normalized spacial score (nSPS) is 14.8. The van der Waals surface area contributed by atoms with Crippen molar-refractivity contribution >= 4 is 29.2 Å². The van der Waals surface area contributed by atoms with Crippen molar-refractivity contribution in [3.05, 3.63) is 70.6 Å². The molecule has 13 heteroatoms. The van der Waals surface area contributed by atoms with Crippen molar-refractivity contribution in [3.8, 4) is 17.0 Å². The number of hydrogen-bond acceptors (Lipinski definition) is 6. The second kappa shape index (κ2) is 14.3. The first-order valence-corrected chi connectivity index (χ1v) is 14.7. The van der Waals surface area contributed by atoms with Crippen molar-refractivity contribution in [2.24, 2.45) is 0 Å². The van der Waals surface area contributed by atoms with Gasteiger partial charge in [-0.25, -0.2) is 4.98 Å². The molecule has 0 spiro atoms. The summed E-state index contributed by atoms with van der Waals surface area (Å²) in [4.78, 5) is 44.1. The van der Waals surface area contributed by atoms with Crippen molar-refractivity contribution in [1.82, 2.24) is 25.1 Å². The van der Waals surface area contributed by atoms with E-state index in [-0.39, 0.29) is 41.1 Å². The van der Waals surface area contributed by atoms with Gasteiger partial charge in [0.05, 0.1) is 23.3 Å². The quantitative estimate of drug-likeness (QED) is 0.259. The lowest BCUT2D eigenvalue weighted by Gasteiger charge is -2.30. The molecule has 0 bridgehead atoms. The molecule has 1 aromatic heterocycles. The van der Waals surface area contributed by atoms with Crippen molar-refractivity contribution in [2.75, 3.05) is 26.2 Å². The van der Waals surface area contributed by atoms with E-state index >= 15 is 0 Å². The number of hydrogen-bond donors (Lipinski definition) is 2. The van der Waals surface area contributed by atoms with Gasteiger partial charge in [0.1, 0.15) is 5.75 Å². The van der Waals surface area contributed by atoms with Crippen molar-refractivity contribution in [1.29, 1.82) is 0 Å². The summed E-state index contributed by atoms with van der Waals surface area (Å²) < 4.78 is 45.4. The zero-order chi connectivity index (χ0) is 32.0. The van der Waals surface area contributed by atoms with E-state index in [9.17, 15) is 27.6 Å². The van der Waals surface area contributed by atoms with Crippen LogP contribution in [0.25, 0.3) is 11.3 Å². The van der Waals surface area contributed by atoms with Gasteiger partial charge in [-0.05, 0) is 63.5 Å². The fraction of sp³-hybridized carbons (Fsp3) is 0.419. The summed E-state index contributed by atoms with van der Waals surface area (Å²) in [6.07, 6.45) is -3.39. The molecule has 2 aromatic carbocycles. The maximum atomic E-state index is 13.2. The summed E-state index contributed by atoms with van der Waals surface area (Å²) in [6.45, 7) is 7.05. The van der Waals surface area contributed by atoms with Crippen LogP contribution in [0.15, 0.2) is 48.7 Å². The van der Waals surface area contributed by atoms with E-state index < -0.39 is 24.2 Å². The number of carbonyl (C=O) groups is 3. The highest BCUT2D eigenvalue weighted by Crippen LogP contribution is 2.31. The van der Waals surface area contributed by atoms with Crippen LogP contribution in [-0.2, 0) is 17.8 Å².